The van der Waals surface area contributed by atoms with E-state index in [1.165, 1.54) is 17.8 Å². The van der Waals surface area contributed by atoms with E-state index in [-0.39, 0.29) is 16.8 Å². The average Bonchev–Trinajstić information content (AvgIpc) is 2.52. The van der Waals surface area contributed by atoms with E-state index >= 15 is 0 Å². The number of benzene rings is 1. The topological polar surface area (TPSA) is 72.2 Å². The van der Waals surface area contributed by atoms with Crippen molar-refractivity contribution in [2.24, 2.45) is 0 Å². The van der Waals surface area contributed by atoms with Crippen LogP contribution in [0.5, 0.6) is 0 Å². The van der Waals surface area contributed by atoms with Crippen molar-refractivity contribution >= 4 is 29.0 Å². The first-order valence-corrected chi connectivity index (χ1v) is 5.55. The molecule has 0 aromatic heterocycles. The second-order valence-corrected chi connectivity index (χ2v) is 4.05. The highest BCUT2D eigenvalue weighted by Gasteiger charge is 2.34. The van der Waals surface area contributed by atoms with Gasteiger partial charge in [-0.2, -0.15) is 0 Å². The van der Waals surface area contributed by atoms with Crippen LogP contribution >= 0.6 is 11.8 Å². The first kappa shape index (κ1) is 9.97. The number of para-hydroxylation sites is 1. The number of nitrogens with one attached hydrogen (secondary N) is 1. The summed E-state index contributed by atoms with van der Waals surface area (Å²) < 4.78 is 0. The van der Waals surface area contributed by atoms with Crippen LogP contribution in [0.1, 0.15) is 10.8 Å². The van der Waals surface area contributed by atoms with Crippen LogP contribution in [0.4, 0.5) is 11.4 Å². The Bertz CT molecular complexity index is 447. The predicted octanol–water partition coefficient (Wildman–Crippen LogP) is 1.95. The number of nitro groups is 1. The van der Waals surface area contributed by atoms with E-state index in [4.69, 9.17) is 0 Å². The number of hydrogen-bond acceptors (Lipinski definition) is 4. The molecule has 0 fully saturated rings. The van der Waals surface area contributed by atoms with Gasteiger partial charge in [-0.15, -0.1) is 11.8 Å². The molecule has 6 heteroatoms. The number of thioether (sulfide) groups is 1. The zero-order valence-electron chi connectivity index (χ0n) is 7.89. The number of nitrogens with zero attached hydrogens (tertiary/aromatic N) is 1. The third kappa shape index (κ3) is 1.46. The fraction of sp³-hybridized carbons (Fsp3) is 0.222. The lowest BCUT2D eigenvalue weighted by Gasteiger charge is -2.03. The molecule has 1 heterocycles. The Morgan fingerprint density at radius 3 is 2.87 bits per heavy atom. The molecule has 0 saturated heterocycles. The SMILES string of the molecule is CSC1C(=O)Nc2c1cccc2[N+](=O)[O-]. The molecule has 1 aliphatic rings. The molecule has 15 heavy (non-hydrogen) atoms. The van der Waals surface area contributed by atoms with Gasteiger partial charge in [0.05, 0.1) is 4.92 Å². The van der Waals surface area contributed by atoms with Gasteiger partial charge in [0.25, 0.3) is 5.69 Å². The highest BCUT2D eigenvalue weighted by atomic mass is 32.2. The van der Waals surface area contributed by atoms with Crippen LogP contribution in [0.2, 0.25) is 0 Å². The molecular formula is C9H8N2O3S. The molecular weight excluding hydrogens is 216 g/mol. The third-order valence-electron chi connectivity index (χ3n) is 2.28. The van der Waals surface area contributed by atoms with Crippen LogP contribution in [0.3, 0.4) is 0 Å². The fourth-order valence-electron chi connectivity index (χ4n) is 1.63. The maximum Gasteiger partial charge on any atom is 0.293 e. The summed E-state index contributed by atoms with van der Waals surface area (Å²) in [5.74, 6) is -0.188. The Kier molecular flexibility index (Phi) is 2.36. The van der Waals surface area contributed by atoms with Crippen LogP contribution in [-0.4, -0.2) is 17.1 Å². The molecule has 0 bridgehead atoms. The van der Waals surface area contributed by atoms with Crippen molar-refractivity contribution in [1.82, 2.24) is 0 Å². The van der Waals surface area contributed by atoms with Crippen LogP contribution in [-0.2, 0) is 4.79 Å². The van der Waals surface area contributed by atoms with E-state index in [0.717, 1.165) is 0 Å². The minimum absolute atomic E-state index is 0.0441. The summed E-state index contributed by atoms with van der Waals surface area (Å²) in [6.45, 7) is 0. The lowest BCUT2D eigenvalue weighted by atomic mass is 10.1. The van der Waals surface area contributed by atoms with E-state index in [0.29, 0.717) is 11.3 Å². The van der Waals surface area contributed by atoms with E-state index in [2.05, 4.69) is 5.32 Å². The molecule has 1 atom stereocenters. The second-order valence-electron chi connectivity index (χ2n) is 3.10. The smallest absolute Gasteiger partial charge is 0.293 e. The van der Waals surface area contributed by atoms with E-state index < -0.39 is 4.92 Å². The number of nitro benzene ring substituents is 1. The maximum atomic E-state index is 11.5. The van der Waals surface area contributed by atoms with Crippen molar-refractivity contribution in [3.05, 3.63) is 33.9 Å². The third-order valence-corrected chi connectivity index (χ3v) is 3.22. The van der Waals surface area contributed by atoms with Crippen molar-refractivity contribution < 1.29 is 9.72 Å². The molecule has 0 radical (unpaired) electrons. The van der Waals surface area contributed by atoms with Crippen LogP contribution in [0, 0.1) is 10.1 Å². The average molecular weight is 224 g/mol. The molecule has 1 N–H and O–H groups in total. The number of carbonyl (C=O) groups is 1. The summed E-state index contributed by atoms with van der Waals surface area (Å²) in [7, 11) is 0. The summed E-state index contributed by atoms with van der Waals surface area (Å²) in [5, 5.41) is 12.9. The Hall–Kier alpha value is -1.56. The highest BCUT2D eigenvalue weighted by molar-refractivity contribution is 7.99. The first-order valence-electron chi connectivity index (χ1n) is 4.26. The number of rotatable bonds is 2. The molecule has 2 rings (SSSR count). The van der Waals surface area contributed by atoms with Gasteiger partial charge < -0.3 is 5.32 Å². The monoisotopic (exact) mass is 224 g/mol. The van der Waals surface area contributed by atoms with Gasteiger partial charge in [0.2, 0.25) is 5.91 Å². The number of hydrogen-bond donors (Lipinski definition) is 1. The molecule has 0 spiro atoms. The Morgan fingerprint density at radius 2 is 2.27 bits per heavy atom. The van der Waals surface area contributed by atoms with Crippen LogP contribution in [0.25, 0.3) is 0 Å². The quantitative estimate of drug-likeness (QED) is 0.615. The molecule has 1 aliphatic heterocycles. The van der Waals surface area contributed by atoms with Crippen LogP contribution in [0.15, 0.2) is 18.2 Å². The fourth-order valence-corrected chi connectivity index (χ4v) is 2.35. The van der Waals surface area contributed by atoms with Gasteiger partial charge in [-0.05, 0) is 6.26 Å². The summed E-state index contributed by atoms with van der Waals surface area (Å²) in [6, 6.07) is 4.73. The van der Waals surface area contributed by atoms with Gasteiger partial charge in [-0.1, -0.05) is 12.1 Å². The second kappa shape index (κ2) is 3.54. The summed E-state index contributed by atoms with van der Waals surface area (Å²) >= 11 is 1.37. The Morgan fingerprint density at radius 1 is 1.53 bits per heavy atom. The predicted molar refractivity (Wildman–Crippen MR) is 58.0 cm³/mol. The molecule has 1 unspecified atom stereocenters. The van der Waals surface area contributed by atoms with Gasteiger partial charge in [0, 0.05) is 11.6 Å². The van der Waals surface area contributed by atoms with Crippen molar-refractivity contribution in [2.75, 3.05) is 11.6 Å². The zero-order chi connectivity index (χ0) is 11.0. The Balaban J connectivity index is 2.57. The van der Waals surface area contributed by atoms with Crippen molar-refractivity contribution in [3.8, 4) is 0 Å². The molecule has 0 saturated carbocycles. The molecule has 1 amide bonds. The molecule has 1 aromatic carbocycles. The van der Waals surface area contributed by atoms with Crippen LogP contribution < -0.4 is 5.32 Å². The number of anilines is 1. The van der Waals surface area contributed by atoms with Gasteiger partial charge in [-0.25, -0.2) is 0 Å². The minimum atomic E-state index is -0.484. The van der Waals surface area contributed by atoms with Crippen molar-refractivity contribution in [3.63, 3.8) is 0 Å². The van der Waals surface area contributed by atoms with Gasteiger partial charge in [0.15, 0.2) is 0 Å². The van der Waals surface area contributed by atoms with Gasteiger partial charge in [-0.3, -0.25) is 14.9 Å². The Labute approximate surface area is 90.0 Å². The van der Waals surface area contributed by atoms with Gasteiger partial charge >= 0.3 is 0 Å². The van der Waals surface area contributed by atoms with E-state index in [1.54, 1.807) is 18.4 Å². The summed E-state index contributed by atoms with van der Waals surface area (Å²) in [4.78, 5) is 21.7. The first-order chi connectivity index (χ1) is 7.15. The maximum absolute atomic E-state index is 11.5. The lowest BCUT2D eigenvalue weighted by Crippen LogP contribution is -2.08. The lowest BCUT2D eigenvalue weighted by molar-refractivity contribution is -0.383. The van der Waals surface area contributed by atoms with E-state index in [1.807, 2.05) is 0 Å². The number of fused-ring (bicyclic) bond motifs is 1. The number of amides is 1. The normalized spacial score (nSPS) is 18.5. The van der Waals surface area contributed by atoms with Gasteiger partial charge in [0.1, 0.15) is 10.9 Å². The standard InChI is InChI=1S/C9H8N2O3S/c1-15-8-5-3-2-4-6(11(13)14)7(5)10-9(8)12/h2-4,8H,1H3,(H,10,12). The molecule has 1 aromatic rings. The largest absolute Gasteiger partial charge is 0.319 e. The van der Waals surface area contributed by atoms with Crippen molar-refractivity contribution in [1.29, 1.82) is 0 Å². The highest BCUT2D eigenvalue weighted by Crippen LogP contribution is 2.43. The number of carbonyl (C=O) groups excluding carboxylic acids is 1. The molecule has 78 valence electrons. The zero-order valence-corrected chi connectivity index (χ0v) is 8.71. The minimum Gasteiger partial charge on any atom is -0.319 e. The summed E-state index contributed by atoms with van der Waals surface area (Å²) in [6.07, 6.45) is 1.80. The molecule has 5 nitrogen and oxygen atoms in total. The van der Waals surface area contributed by atoms with E-state index in [9.17, 15) is 14.9 Å². The van der Waals surface area contributed by atoms with Crippen molar-refractivity contribution in [2.45, 2.75) is 5.25 Å². The summed E-state index contributed by atoms with van der Waals surface area (Å²) in [5.41, 5.74) is 0.992. The molecule has 0 aliphatic carbocycles.